The molecule has 1 heterocycles. The molecule has 1 aromatic carbocycles. The fraction of sp³-hybridized carbons (Fsp3) is 0.267. The van der Waals surface area contributed by atoms with E-state index in [-0.39, 0.29) is 4.88 Å². The van der Waals surface area contributed by atoms with Crippen molar-refractivity contribution in [2.24, 2.45) is 0 Å². The van der Waals surface area contributed by atoms with Gasteiger partial charge in [0, 0.05) is 16.5 Å². The molecule has 2 rings (SSSR count). The summed E-state index contributed by atoms with van der Waals surface area (Å²) in [6, 6.07) is 5.44. The number of methoxy groups -OCH3 is 2. The summed E-state index contributed by atoms with van der Waals surface area (Å²) >= 11 is 1.17. The third-order valence-corrected chi connectivity index (χ3v) is 4.52. The maximum Gasteiger partial charge on any atom is 0.348 e. The normalized spacial score (nSPS) is 10.4. The molecule has 0 saturated heterocycles. The van der Waals surface area contributed by atoms with Crippen molar-refractivity contribution in [2.75, 3.05) is 20.0 Å². The summed E-state index contributed by atoms with van der Waals surface area (Å²) in [7, 11) is 3.15. The van der Waals surface area contributed by atoms with Crippen LogP contribution >= 0.6 is 11.3 Å². The first-order chi connectivity index (χ1) is 10.0. The van der Waals surface area contributed by atoms with E-state index >= 15 is 0 Å². The molecule has 0 fully saturated rings. The molecule has 2 aromatic rings. The van der Waals surface area contributed by atoms with Crippen LogP contribution in [0.15, 0.2) is 18.2 Å². The fourth-order valence-electron chi connectivity index (χ4n) is 2.19. The zero-order valence-corrected chi connectivity index (χ0v) is 12.9. The molecule has 0 bridgehead atoms. The molecular formula is C15H17NO4S. The topological polar surface area (TPSA) is 81.8 Å². The first kappa shape index (κ1) is 15.2. The molecule has 0 saturated carbocycles. The summed E-state index contributed by atoms with van der Waals surface area (Å²) in [4.78, 5) is 12.3. The second-order valence-electron chi connectivity index (χ2n) is 4.38. The number of rotatable bonds is 5. The highest BCUT2D eigenvalue weighted by atomic mass is 32.1. The lowest BCUT2D eigenvalue weighted by Gasteiger charge is -2.10. The number of carboxylic acids is 1. The summed E-state index contributed by atoms with van der Waals surface area (Å²) in [5.74, 6) is 0.296. The van der Waals surface area contributed by atoms with E-state index in [1.165, 1.54) is 11.3 Å². The molecule has 5 nitrogen and oxygen atoms in total. The second kappa shape index (κ2) is 6.05. The first-order valence-corrected chi connectivity index (χ1v) is 7.21. The summed E-state index contributed by atoms with van der Waals surface area (Å²) in [6.45, 7) is 1.95. The standard InChI is InChI=1S/C15H17NO4S/c1-4-9-12(16)14(15(17)18)21-13(9)10-6-5-8(19-2)7-11(10)20-3/h5-7H,4,16H2,1-3H3,(H,17,18). The summed E-state index contributed by atoms with van der Waals surface area (Å²) < 4.78 is 10.6. The average molecular weight is 307 g/mol. The van der Waals surface area contributed by atoms with Gasteiger partial charge in [0.15, 0.2) is 0 Å². The maximum atomic E-state index is 11.3. The van der Waals surface area contributed by atoms with E-state index in [1.54, 1.807) is 20.3 Å². The van der Waals surface area contributed by atoms with Crippen molar-refractivity contribution < 1.29 is 19.4 Å². The van der Waals surface area contributed by atoms with Crippen molar-refractivity contribution in [3.63, 3.8) is 0 Å². The Hall–Kier alpha value is -2.21. The van der Waals surface area contributed by atoms with Crippen molar-refractivity contribution in [2.45, 2.75) is 13.3 Å². The van der Waals surface area contributed by atoms with Gasteiger partial charge in [0.1, 0.15) is 16.4 Å². The highest BCUT2D eigenvalue weighted by molar-refractivity contribution is 7.18. The van der Waals surface area contributed by atoms with Gasteiger partial charge in [-0.1, -0.05) is 6.92 Å². The van der Waals surface area contributed by atoms with Crippen LogP contribution in [0.25, 0.3) is 10.4 Å². The lowest BCUT2D eigenvalue weighted by Crippen LogP contribution is -1.99. The van der Waals surface area contributed by atoms with Gasteiger partial charge in [-0.3, -0.25) is 0 Å². The van der Waals surface area contributed by atoms with Crippen LogP contribution in [0.3, 0.4) is 0 Å². The minimum Gasteiger partial charge on any atom is -0.497 e. The van der Waals surface area contributed by atoms with Gasteiger partial charge in [-0.05, 0) is 24.1 Å². The number of ether oxygens (including phenoxy) is 2. The highest BCUT2D eigenvalue weighted by Crippen LogP contribution is 2.43. The van der Waals surface area contributed by atoms with E-state index < -0.39 is 5.97 Å². The number of anilines is 1. The summed E-state index contributed by atoms with van der Waals surface area (Å²) in [6.07, 6.45) is 0.653. The van der Waals surface area contributed by atoms with Gasteiger partial charge in [0.05, 0.1) is 19.9 Å². The Morgan fingerprint density at radius 2 is 2.05 bits per heavy atom. The van der Waals surface area contributed by atoms with Crippen LogP contribution in [-0.4, -0.2) is 25.3 Å². The quantitative estimate of drug-likeness (QED) is 0.886. The van der Waals surface area contributed by atoms with Gasteiger partial charge >= 0.3 is 5.97 Å². The summed E-state index contributed by atoms with van der Waals surface area (Å²) in [5.41, 5.74) is 7.95. The smallest absolute Gasteiger partial charge is 0.348 e. The van der Waals surface area contributed by atoms with Crippen molar-refractivity contribution in [1.29, 1.82) is 0 Å². The number of carbonyl (C=O) groups is 1. The molecule has 0 aliphatic rings. The number of hydrogen-bond donors (Lipinski definition) is 2. The van der Waals surface area contributed by atoms with Crippen LogP contribution < -0.4 is 15.2 Å². The van der Waals surface area contributed by atoms with Gasteiger partial charge in [-0.25, -0.2) is 4.79 Å². The largest absolute Gasteiger partial charge is 0.497 e. The van der Waals surface area contributed by atoms with Crippen LogP contribution in [0.5, 0.6) is 11.5 Å². The van der Waals surface area contributed by atoms with Crippen LogP contribution in [-0.2, 0) is 6.42 Å². The fourth-order valence-corrected chi connectivity index (χ4v) is 3.37. The Balaban J connectivity index is 2.66. The van der Waals surface area contributed by atoms with E-state index in [1.807, 2.05) is 19.1 Å². The maximum absolute atomic E-state index is 11.3. The van der Waals surface area contributed by atoms with Crippen LogP contribution in [0.1, 0.15) is 22.2 Å². The molecule has 21 heavy (non-hydrogen) atoms. The molecule has 0 aliphatic heterocycles. The van der Waals surface area contributed by atoms with Gasteiger partial charge in [-0.15, -0.1) is 11.3 Å². The second-order valence-corrected chi connectivity index (χ2v) is 5.40. The Bertz CT molecular complexity index is 679. The number of benzene rings is 1. The first-order valence-electron chi connectivity index (χ1n) is 6.40. The van der Waals surface area contributed by atoms with E-state index in [2.05, 4.69) is 0 Å². The molecule has 0 atom stereocenters. The lowest BCUT2D eigenvalue weighted by atomic mass is 10.0. The van der Waals surface area contributed by atoms with E-state index in [0.717, 1.165) is 16.0 Å². The molecule has 0 unspecified atom stereocenters. The van der Waals surface area contributed by atoms with Crippen LogP contribution in [0.4, 0.5) is 5.69 Å². The third kappa shape index (κ3) is 2.67. The predicted octanol–water partition coefficient (Wildman–Crippen LogP) is 3.28. The van der Waals surface area contributed by atoms with Gasteiger partial charge in [0.2, 0.25) is 0 Å². The SMILES string of the molecule is CCc1c(-c2ccc(OC)cc2OC)sc(C(=O)O)c1N. The van der Waals surface area contributed by atoms with Crippen molar-refractivity contribution >= 4 is 23.0 Å². The third-order valence-electron chi connectivity index (χ3n) is 3.25. The number of carboxylic acid groups (broad SMARTS) is 1. The molecule has 0 radical (unpaired) electrons. The zero-order valence-electron chi connectivity index (χ0n) is 12.1. The Morgan fingerprint density at radius 3 is 2.57 bits per heavy atom. The highest BCUT2D eigenvalue weighted by Gasteiger charge is 2.22. The molecule has 6 heteroatoms. The minimum absolute atomic E-state index is 0.166. The molecule has 0 spiro atoms. The van der Waals surface area contributed by atoms with Crippen molar-refractivity contribution in [1.82, 2.24) is 0 Å². The summed E-state index contributed by atoms with van der Waals surface area (Å²) in [5, 5.41) is 9.23. The van der Waals surface area contributed by atoms with E-state index in [4.69, 9.17) is 15.2 Å². The monoisotopic (exact) mass is 307 g/mol. The number of nitrogen functional groups attached to an aromatic ring is 1. The average Bonchev–Trinajstić information content (AvgIpc) is 2.83. The van der Waals surface area contributed by atoms with E-state index in [0.29, 0.717) is 23.6 Å². The Morgan fingerprint density at radius 1 is 1.33 bits per heavy atom. The molecular weight excluding hydrogens is 290 g/mol. The Kier molecular flexibility index (Phi) is 4.37. The zero-order chi connectivity index (χ0) is 15.6. The van der Waals surface area contributed by atoms with Gasteiger partial charge in [-0.2, -0.15) is 0 Å². The molecule has 112 valence electrons. The lowest BCUT2D eigenvalue weighted by molar-refractivity contribution is 0.0703. The van der Waals surface area contributed by atoms with Crippen molar-refractivity contribution in [3.05, 3.63) is 28.6 Å². The predicted molar refractivity (Wildman–Crippen MR) is 83.6 cm³/mol. The van der Waals surface area contributed by atoms with Crippen LogP contribution in [0.2, 0.25) is 0 Å². The molecule has 3 N–H and O–H groups in total. The molecule has 1 aromatic heterocycles. The number of aromatic carboxylic acids is 1. The van der Waals surface area contributed by atoms with Crippen molar-refractivity contribution in [3.8, 4) is 21.9 Å². The minimum atomic E-state index is -1.01. The van der Waals surface area contributed by atoms with Crippen LogP contribution in [0, 0.1) is 0 Å². The molecule has 0 aliphatic carbocycles. The number of thiophene rings is 1. The number of nitrogens with two attached hydrogens (primary N) is 1. The van der Waals surface area contributed by atoms with Gasteiger partial charge in [0.25, 0.3) is 0 Å². The Labute approximate surface area is 126 Å². The van der Waals surface area contributed by atoms with E-state index in [9.17, 15) is 9.90 Å². The number of hydrogen-bond acceptors (Lipinski definition) is 5. The molecule has 0 amide bonds. The van der Waals surface area contributed by atoms with Gasteiger partial charge < -0.3 is 20.3 Å².